The van der Waals surface area contributed by atoms with E-state index < -0.39 is 47.7 Å². The van der Waals surface area contributed by atoms with Crippen molar-refractivity contribution < 1.29 is 34.2 Å². The fraction of sp³-hybridized carbons (Fsp3) is 0.421. The van der Waals surface area contributed by atoms with Crippen molar-refractivity contribution in [1.29, 1.82) is 0 Å². The average Bonchev–Trinajstić information content (AvgIpc) is 2.71. The molecule has 170 valence electrons. The Hall–Kier alpha value is -3.67. The number of phenolic OH excluding ortho intramolecular Hbond substituents is 1. The monoisotopic (exact) mass is 437 g/mol. The fourth-order valence-corrected chi connectivity index (χ4v) is 2.55. The van der Waals surface area contributed by atoms with Crippen LogP contribution in [-0.2, 0) is 30.4 Å². The molecule has 0 fully saturated rings. The van der Waals surface area contributed by atoms with Gasteiger partial charge in [-0.25, -0.2) is 4.79 Å². The van der Waals surface area contributed by atoms with Gasteiger partial charge in [-0.3, -0.25) is 19.2 Å². The quantitative estimate of drug-likeness (QED) is 0.189. The zero-order valence-electron chi connectivity index (χ0n) is 17.0. The van der Waals surface area contributed by atoms with Crippen LogP contribution in [0.4, 0.5) is 0 Å². The van der Waals surface area contributed by atoms with E-state index in [9.17, 15) is 29.1 Å². The van der Waals surface area contributed by atoms with Crippen molar-refractivity contribution >= 4 is 29.6 Å². The minimum atomic E-state index is -1.36. The van der Waals surface area contributed by atoms with Crippen LogP contribution in [0.25, 0.3) is 0 Å². The van der Waals surface area contributed by atoms with Crippen molar-refractivity contribution in [2.45, 2.75) is 44.3 Å². The van der Waals surface area contributed by atoms with Crippen molar-refractivity contribution in [2.75, 3.05) is 6.54 Å². The molecule has 12 heteroatoms. The first-order valence-corrected chi connectivity index (χ1v) is 9.42. The molecule has 9 N–H and O–H groups in total. The van der Waals surface area contributed by atoms with Crippen molar-refractivity contribution in [3.8, 4) is 5.75 Å². The van der Waals surface area contributed by atoms with Crippen LogP contribution in [0.3, 0.4) is 0 Å². The van der Waals surface area contributed by atoms with Gasteiger partial charge in [0.15, 0.2) is 0 Å². The number of hydrogen-bond acceptors (Lipinski definition) is 7. The number of carboxylic acids is 1. The summed E-state index contributed by atoms with van der Waals surface area (Å²) in [4.78, 5) is 58.7. The molecule has 12 nitrogen and oxygen atoms in total. The lowest BCUT2D eigenvalue weighted by Gasteiger charge is -2.22. The number of hydrogen-bond donors (Lipinski definition) is 7. The maximum atomic E-state index is 12.6. The molecular weight excluding hydrogens is 410 g/mol. The molecule has 0 saturated carbocycles. The molecular formula is C19H27N5O7. The summed E-state index contributed by atoms with van der Waals surface area (Å²) >= 11 is 0. The Bertz CT molecular complexity index is 812. The molecule has 0 radical (unpaired) electrons. The van der Waals surface area contributed by atoms with E-state index in [1.807, 2.05) is 0 Å². The van der Waals surface area contributed by atoms with E-state index in [4.69, 9.17) is 16.6 Å². The Balaban J connectivity index is 2.81. The first-order valence-electron chi connectivity index (χ1n) is 9.42. The minimum Gasteiger partial charge on any atom is -0.508 e. The summed E-state index contributed by atoms with van der Waals surface area (Å²) in [6, 6.07) is 2.41. The number of nitrogens with two attached hydrogens (primary N) is 2. The van der Waals surface area contributed by atoms with Gasteiger partial charge in [-0.05, 0) is 31.0 Å². The average molecular weight is 437 g/mol. The minimum absolute atomic E-state index is 0.0327. The molecule has 1 aromatic carbocycles. The van der Waals surface area contributed by atoms with Crippen LogP contribution in [0.5, 0.6) is 5.75 Å². The number of amides is 4. The van der Waals surface area contributed by atoms with Gasteiger partial charge in [0.05, 0.1) is 6.54 Å². The first kappa shape index (κ1) is 25.4. The highest BCUT2D eigenvalue weighted by Gasteiger charge is 2.27. The van der Waals surface area contributed by atoms with Crippen molar-refractivity contribution in [3.05, 3.63) is 29.8 Å². The number of carbonyl (C=O) groups is 5. The summed E-state index contributed by atoms with van der Waals surface area (Å²) < 4.78 is 0. The molecule has 0 saturated heterocycles. The molecule has 3 atom stereocenters. The van der Waals surface area contributed by atoms with Gasteiger partial charge in [0, 0.05) is 12.8 Å². The summed E-state index contributed by atoms with van der Waals surface area (Å²) in [5.41, 5.74) is 10.9. The number of carbonyl (C=O) groups excluding carboxylic acids is 4. The summed E-state index contributed by atoms with van der Waals surface area (Å²) in [6.07, 6.45) is -0.381. The van der Waals surface area contributed by atoms with Crippen LogP contribution >= 0.6 is 0 Å². The van der Waals surface area contributed by atoms with E-state index in [1.54, 1.807) is 12.1 Å². The second kappa shape index (κ2) is 12.1. The number of nitrogens with one attached hydrogen (secondary N) is 3. The van der Waals surface area contributed by atoms with Gasteiger partial charge >= 0.3 is 5.97 Å². The van der Waals surface area contributed by atoms with Gasteiger partial charge in [0.25, 0.3) is 0 Å². The van der Waals surface area contributed by atoms with E-state index in [0.29, 0.717) is 5.56 Å². The number of benzene rings is 1. The number of primary amides is 1. The Kier molecular flexibility index (Phi) is 9.92. The van der Waals surface area contributed by atoms with Gasteiger partial charge in [0.1, 0.15) is 23.9 Å². The molecule has 4 amide bonds. The third kappa shape index (κ3) is 9.12. The Morgan fingerprint density at radius 2 is 1.58 bits per heavy atom. The lowest BCUT2D eigenvalue weighted by molar-refractivity contribution is -0.142. The molecule has 0 spiro atoms. The summed E-state index contributed by atoms with van der Waals surface area (Å²) in [7, 11) is 0. The van der Waals surface area contributed by atoms with E-state index in [0.717, 1.165) is 0 Å². The molecule has 3 unspecified atom stereocenters. The number of phenols is 1. The number of aliphatic carboxylic acids is 1. The molecule has 31 heavy (non-hydrogen) atoms. The van der Waals surface area contributed by atoms with E-state index in [-0.39, 0.29) is 31.6 Å². The van der Waals surface area contributed by atoms with E-state index in [1.165, 1.54) is 19.1 Å². The maximum Gasteiger partial charge on any atom is 0.326 e. The van der Waals surface area contributed by atoms with Crippen LogP contribution < -0.4 is 27.4 Å². The first-order chi connectivity index (χ1) is 14.5. The molecule has 0 bridgehead atoms. The van der Waals surface area contributed by atoms with Crippen molar-refractivity contribution in [1.82, 2.24) is 16.0 Å². The smallest absolute Gasteiger partial charge is 0.326 e. The molecule has 0 aliphatic carbocycles. The third-order valence-electron chi connectivity index (χ3n) is 4.26. The van der Waals surface area contributed by atoms with Crippen molar-refractivity contribution in [2.24, 2.45) is 11.5 Å². The highest BCUT2D eigenvalue weighted by Crippen LogP contribution is 2.11. The number of aromatic hydroxyl groups is 1. The zero-order valence-corrected chi connectivity index (χ0v) is 17.0. The van der Waals surface area contributed by atoms with Gasteiger partial charge in [-0.15, -0.1) is 0 Å². The van der Waals surface area contributed by atoms with Gasteiger partial charge < -0.3 is 37.6 Å². The normalized spacial score (nSPS) is 13.4. The standard InChI is InChI=1S/C19H27N5O7/c1-10(17(28)24-13(19(30)31)6-7-15(21)26)22-18(29)14(23-16(27)9-20)8-11-2-4-12(25)5-3-11/h2-5,10,13-14,25H,6-9,20H2,1H3,(H2,21,26)(H,22,29)(H,23,27)(H,24,28)(H,30,31). The molecule has 0 aromatic heterocycles. The van der Waals surface area contributed by atoms with Crippen LogP contribution in [0, 0.1) is 0 Å². The topological polar surface area (TPSA) is 214 Å². The Labute approximate surface area is 178 Å². The fourth-order valence-electron chi connectivity index (χ4n) is 2.55. The summed E-state index contributed by atoms with van der Waals surface area (Å²) in [5, 5.41) is 25.6. The van der Waals surface area contributed by atoms with E-state index >= 15 is 0 Å². The largest absolute Gasteiger partial charge is 0.508 e. The second-order valence-electron chi connectivity index (χ2n) is 6.83. The Morgan fingerprint density at radius 1 is 0.968 bits per heavy atom. The lowest BCUT2D eigenvalue weighted by Crippen LogP contribution is -2.55. The summed E-state index contributed by atoms with van der Waals surface area (Å²) in [6.45, 7) is 0.984. The number of rotatable bonds is 12. The lowest BCUT2D eigenvalue weighted by atomic mass is 10.0. The van der Waals surface area contributed by atoms with Gasteiger partial charge in [0.2, 0.25) is 23.6 Å². The number of carboxylic acid groups (broad SMARTS) is 1. The van der Waals surface area contributed by atoms with Crippen LogP contribution in [0.15, 0.2) is 24.3 Å². The molecule has 0 aliphatic heterocycles. The van der Waals surface area contributed by atoms with Crippen LogP contribution in [0.1, 0.15) is 25.3 Å². The van der Waals surface area contributed by atoms with Gasteiger partial charge in [-0.2, -0.15) is 0 Å². The molecule has 0 aliphatic rings. The predicted molar refractivity (Wildman–Crippen MR) is 108 cm³/mol. The van der Waals surface area contributed by atoms with E-state index in [2.05, 4.69) is 16.0 Å². The Morgan fingerprint density at radius 3 is 2.10 bits per heavy atom. The van der Waals surface area contributed by atoms with Crippen molar-refractivity contribution in [3.63, 3.8) is 0 Å². The summed E-state index contributed by atoms with van der Waals surface area (Å²) in [5.74, 6) is -4.11. The third-order valence-corrected chi connectivity index (χ3v) is 4.26. The van der Waals surface area contributed by atoms with Crippen LogP contribution in [-0.4, -0.2) is 64.5 Å². The molecule has 0 heterocycles. The van der Waals surface area contributed by atoms with Crippen LogP contribution in [0.2, 0.25) is 0 Å². The SMILES string of the molecule is CC(NC(=O)C(Cc1ccc(O)cc1)NC(=O)CN)C(=O)NC(CCC(N)=O)C(=O)O. The second-order valence-corrected chi connectivity index (χ2v) is 6.83. The molecule has 1 rings (SSSR count). The highest BCUT2D eigenvalue weighted by molar-refractivity contribution is 5.93. The van der Waals surface area contributed by atoms with Gasteiger partial charge in [-0.1, -0.05) is 12.1 Å². The highest BCUT2D eigenvalue weighted by atomic mass is 16.4. The predicted octanol–water partition coefficient (Wildman–Crippen LogP) is -2.28. The maximum absolute atomic E-state index is 12.6. The molecule has 1 aromatic rings. The zero-order chi connectivity index (χ0) is 23.6.